The average Bonchev–Trinajstić information content (AvgIpc) is 3.27. The lowest BCUT2D eigenvalue weighted by atomic mass is 10.2. The molecule has 3 aromatic rings. The van der Waals surface area contributed by atoms with Crippen molar-refractivity contribution in [3.63, 3.8) is 0 Å². The summed E-state index contributed by atoms with van der Waals surface area (Å²) in [6.07, 6.45) is 0. The minimum Gasteiger partial charge on any atom is -0.395 e. The predicted molar refractivity (Wildman–Crippen MR) is 124 cm³/mol. The zero-order chi connectivity index (χ0) is 22.7. The highest BCUT2D eigenvalue weighted by Crippen LogP contribution is 2.30. The Balaban J connectivity index is 1.36. The molecule has 0 bridgehead atoms. The molecule has 8 nitrogen and oxygen atoms in total. The fourth-order valence-corrected chi connectivity index (χ4v) is 4.09. The van der Waals surface area contributed by atoms with Crippen molar-refractivity contribution in [3.05, 3.63) is 86.1 Å². The molecule has 4 rings (SSSR count). The molecule has 0 radical (unpaired) electrons. The third-order valence-electron chi connectivity index (χ3n) is 5.27. The summed E-state index contributed by atoms with van der Waals surface area (Å²) in [6, 6.07) is 15.5. The highest BCUT2D eigenvalue weighted by atomic mass is 35.5. The number of hydrogen-bond donors (Lipinski definition) is 1. The minimum absolute atomic E-state index is 0.147. The SMILES string of the molecule is O=C(Nc1ccc(N2CCN(Cc3ccccc3Cl)CC2)c(Cl)c1)c1ccc([N+](=O)[O-])o1. The van der Waals surface area contributed by atoms with Crippen LogP contribution in [0.25, 0.3) is 0 Å². The van der Waals surface area contributed by atoms with Gasteiger partial charge in [0.2, 0.25) is 0 Å². The normalized spacial score (nSPS) is 14.4. The fraction of sp³-hybridized carbons (Fsp3) is 0.227. The quantitative estimate of drug-likeness (QED) is 0.396. The predicted octanol–water partition coefficient (Wildman–Crippen LogP) is 5.07. The van der Waals surface area contributed by atoms with Gasteiger partial charge >= 0.3 is 5.88 Å². The molecule has 1 aromatic heterocycles. The molecule has 2 heterocycles. The van der Waals surface area contributed by atoms with Gasteiger partial charge in [0.25, 0.3) is 5.91 Å². The maximum absolute atomic E-state index is 12.3. The highest BCUT2D eigenvalue weighted by Gasteiger charge is 2.21. The van der Waals surface area contributed by atoms with Crippen molar-refractivity contribution in [3.8, 4) is 0 Å². The van der Waals surface area contributed by atoms with E-state index in [0.717, 1.165) is 55.1 Å². The molecule has 10 heteroatoms. The lowest BCUT2D eigenvalue weighted by Crippen LogP contribution is -2.46. The molecule has 1 aliphatic rings. The van der Waals surface area contributed by atoms with Crippen LogP contribution in [-0.2, 0) is 6.54 Å². The number of halogens is 2. The molecule has 0 saturated carbocycles. The Morgan fingerprint density at radius 2 is 1.78 bits per heavy atom. The van der Waals surface area contributed by atoms with Gasteiger partial charge in [-0.1, -0.05) is 41.4 Å². The number of nitrogens with zero attached hydrogens (tertiary/aromatic N) is 3. The fourth-order valence-electron chi connectivity index (χ4n) is 3.60. The Morgan fingerprint density at radius 3 is 2.44 bits per heavy atom. The molecule has 0 unspecified atom stereocenters. The molecule has 0 atom stereocenters. The number of amides is 1. The maximum atomic E-state index is 12.3. The number of carbonyl (C=O) groups excluding carboxylic acids is 1. The molecular formula is C22H20Cl2N4O4. The molecule has 166 valence electrons. The Kier molecular flexibility index (Phi) is 6.64. The summed E-state index contributed by atoms with van der Waals surface area (Å²) in [6.45, 7) is 4.17. The van der Waals surface area contributed by atoms with Crippen LogP contribution in [0, 0.1) is 10.1 Å². The van der Waals surface area contributed by atoms with Crippen LogP contribution in [0.1, 0.15) is 16.1 Å². The number of hydrogen-bond acceptors (Lipinski definition) is 6. The molecular weight excluding hydrogens is 455 g/mol. The monoisotopic (exact) mass is 474 g/mol. The third kappa shape index (κ3) is 5.04. The van der Waals surface area contributed by atoms with Crippen molar-refractivity contribution < 1.29 is 14.1 Å². The number of carbonyl (C=O) groups is 1. The Hall–Kier alpha value is -3.07. The van der Waals surface area contributed by atoms with Gasteiger partial charge in [0.15, 0.2) is 5.76 Å². The van der Waals surface area contributed by atoms with Gasteiger partial charge in [0, 0.05) is 43.4 Å². The molecule has 1 saturated heterocycles. The van der Waals surface area contributed by atoms with E-state index in [1.54, 1.807) is 12.1 Å². The van der Waals surface area contributed by atoms with Crippen LogP contribution in [0.2, 0.25) is 10.0 Å². The first-order valence-electron chi connectivity index (χ1n) is 9.96. The van der Waals surface area contributed by atoms with E-state index in [2.05, 4.69) is 15.1 Å². The van der Waals surface area contributed by atoms with Crippen molar-refractivity contribution in [1.29, 1.82) is 0 Å². The van der Waals surface area contributed by atoms with Gasteiger partial charge < -0.3 is 14.6 Å². The molecule has 0 aliphatic carbocycles. The van der Waals surface area contributed by atoms with Crippen molar-refractivity contribution in [1.82, 2.24) is 4.90 Å². The summed E-state index contributed by atoms with van der Waals surface area (Å²) < 4.78 is 4.92. The topological polar surface area (TPSA) is 91.9 Å². The molecule has 0 spiro atoms. The number of rotatable bonds is 6. The molecule has 1 N–H and O–H groups in total. The number of furan rings is 1. The van der Waals surface area contributed by atoms with Crippen LogP contribution < -0.4 is 10.2 Å². The summed E-state index contributed by atoms with van der Waals surface area (Å²) in [5.41, 5.74) is 2.47. The van der Waals surface area contributed by atoms with Gasteiger partial charge in [-0.2, -0.15) is 0 Å². The van der Waals surface area contributed by atoms with Gasteiger partial charge in [-0.15, -0.1) is 0 Å². The highest BCUT2D eigenvalue weighted by molar-refractivity contribution is 6.33. The van der Waals surface area contributed by atoms with Crippen LogP contribution in [0.3, 0.4) is 0 Å². The lowest BCUT2D eigenvalue weighted by Gasteiger charge is -2.36. The number of benzene rings is 2. The second-order valence-corrected chi connectivity index (χ2v) is 8.18. The van der Waals surface area contributed by atoms with E-state index >= 15 is 0 Å². The summed E-state index contributed by atoms with van der Waals surface area (Å²) in [5.74, 6) is -1.22. The second kappa shape index (κ2) is 9.60. The standard InChI is InChI=1S/C22H20Cl2N4O4/c23-17-4-2-1-3-15(17)14-26-9-11-27(12-10-26)19-6-5-16(13-18(19)24)25-22(29)20-7-8-21(32-20)28(30)31/h1-8,13H,9-12,14H2,(H,25,29). The van der Waals surface area contributed by atoms with Gasteiger partial charge in [-0.05, 0) is 35.9 Å². The number of anilines is 2. The zero-order valence-corrected chi connectivity index (χ0v) is 18.5. The van der Waals surface area contributed by atoms with Crippen LogP contribution in [-0.4, -0.2) is 41.9 Å². The van der Waals surface area contributed by atoms with Crippen molar-refractivity contribution in [2.45, 2.75) is 6.54 Å². The zero-order valence-electron chi connectivity index (χ0n) is 17.0. The summed E-state index contributed by atoms with van der Waals surface area (Å²) in [5, 5.41) is 14.6. The third-order valence-corrected chi connectivity index (χ3v) is 5.94. The minimum atomic E-state index is -0.698. The van der Waals surface area contributed by atoms with E-state index < -0.39 is 16.7 Å². The molecule has 1 aliphatic heterocycles. The second-order valence-electron chi connectivity index (χ2n) is 7.37. The van der Waals surface area contributed by atoms with Crippen molar-refractivity contribution in [2.24, 2.45) is 0 Å². The van der Waals surface area contributed by atoms with Crippen LogP contribution in [0.5, 0.6) is 0 Å². The van der Waals surface area contributed by atoms with Gasteiger partial charge in [-0.3, -0.25) is 19.8 Å². The summed E-state index contributed by atoms with van der Waals surface area (Å²) in [7, 11) is 0. The van der Waals surface area contributed by atoms with Crippen molar-refractivity contribution in [2.75, 3.05) is 36.4 Å². The molecule has 32 heavy (non-hydrogen) atoms. The largest absolute Gasteiger partial charge is 0.433 e. The molecule has 1 fully saturated rings. The van der Waals surface area contributed by atoms with Gasteiger partial charge in [-0.25, -0.2) is 0 Å². The van der Waals surface area contributed by atoms with Crippen LogP contribution in [0.15, 0.2) is 59.0 Å². The Labute approximate surface area is 194 Å². The number of nitro groups is 1. The van der Waals surface area contributed by atoms with E-state index in [1.807, 2.05) is 30.3 Å². The first kappa shape index (κ1) is 22.1. The van der Waals surface area contributed by atoms with E-state index in [9.17, 15) is 14.9 Å². The molecule has 2 aromatic carbocycles. The van der Waals surface area contributed by atoms with Crippen LogP contribution >= 0.6 is 23.2 Å². The van der Waals surface area contributed by atoms with E-state index in [0.29, 0.717) is 10.7 Å². The first-order valence-corrected chi connectivity index (χ1v) is 10.7. The average molecular weight is 475 g/mol. The van der Waals surface area contributed by atoms with Gasteiger partial charge in [0.05, 0.1) is 16.8 Å². The Bertz CT molecular complexity index is 1140. The smallest absolute Gasteiger partial charge is 0.395 e. The molecule has 1 amide bonds. The number of nitrogens with one attached hydrogen (secondary N) is 1. The number of piperazine rings is 1. The first-order chi connectivity index (χ1) is 15.4. The van der Waals surface area contributed by atoms with E-state index in [1.165, 1.54) is 6.07 Å². The van der Waals surface area contributed by atoms with E-state index in [4.69, 9.17) is 27.6 Å². The van der Waals surface area contributed by atoms with Crippen molar-refractivity contribution >= 4 is 46.4 Å². The van der Waals surface area contributed by atoms with E-state index in [-0.39, 0.29) is 5.76 Å². The van der Waals surface area contributed by atoms with Gasteiger partial charge in [0.1, 0.15) is 4.92 Å². The Morgan fingerprint density at radius 1 is 1.03 bits per heavy atom. The maximum Gasteiger partial charge on any atom is 0.433 e. The summed E-state index contributed by atoms with van der Waals surface area (Å²) in [4.78, 5) is 26.8. The lowest BCUT2D eigenvalue weighted by molar-refractivity contribution is -0.402. The summed E-state index contributed by atoms with van der Waals surface area (Å²) >= 11 is 12.8. The van der Waals surface area contributed by atoms with Crippen LogP contribution in [0.4, 0.5) is 17.3 Å².